The highest BCUT2D eigenvalue weighted by Gasteiger charge is 2.27. The monoisotopic (exact) mass is 386 g/mol. The van der Waals surface area contributed by atoms with Crippen molar-refractivity contribution >= 4 is 33.9 Å². The molecule has 5 nitrogen and oxygen atoms in total. The van der Waals surface area contributed by atoms with E-state index in [2.05, 4.69) is 5.32 Å². The third-order valence-electron chi connectivity index (χ3n) is 4.74. The Balaban J connectivity index is 1.79. The second-order valence-corrected chi connectivity index (χ2v) is 7.64. The normalized spacial score (nSPS) is 13.0. The lowest BCUT2D eigenvalue weighted by atomic mass is 9.95. The molecule has 1 N–H and O–H groups in total. The molecule has 6 heteroatoms. The zero-order valence-corrected chi connectivity index (χ0v) is 16.7. The molecule has 0 bridgehead atoms. The maximum atomic E-state index is 12.7. The number of esters is 1. The van der Waals surface area contributed by atoms with Crippen LogP contribution in [-0.4, -0.2) is 31.6 Å². The number of benzene rings is 1. The lowest BCUT2D eigenvalue weighted by Crippen LogP contribution is -2.33. The van der Waals surface area contributed by atoms with Gasteiger partial charge in [0.15, 0.2) is 0 Å². The summed E-state index contributed by atoms with van der Waals surface area (Å²) in [5.41, 5.74) is 2.63. The summed E-state index contributed by atoms with van der Waals surface area (Å²) in [5.74, 6) is -0.451. The number of carbonyl (C=O) groups excluding carboxylic acids is 2. The van der Waals surface area contributed by atoms with Crippen molar-refractivity contribution in [3.63, 3.8) is 0 Å². The minimum absolute atomic E-state index is 0.121. The van der Waals surface area contributed by atoms with Gasteiger partial charge >= 0.3 is 5.97 Å². The number of anilines is 2. The van der Waals surface area contributed by atoms with E-state index in [9.17, 15) is 9.59 Å². The fraction of sp³-hybridized carbons (Fsp3) is 0.429. The molecule has 1 amide bonds. The van der Waals surface area contributed by atoms with Crippen LogP contribution in [0.3, 0.4) is 0 Å². The zero-order chi connectivity index (χ0) is 19.2. The second kappa shape index (κ2) is 9.04. The van der Waals surface area contributed by atoms with Crippen LogP contribution in [0.1, 0.15) is 47.5 Å². The largest absolute Gasteiger partial charge is 0.462 e. The Morgan fingerprint density at radius 2 is 1.89 bits per heavy atom. The van der Waals surface area contributed by atoms with Crippen LogP contribution < -0.4 is 10.2 Å². The van der Waals surface area contributed by atoms with E-state index < -0.39 is 0 Å². The van der Waals surface area contributed by atoms with Crippen molar-refractivity contribution in [2.75, 3.05) is 29.9 Å². The smallest absolute Gasteiger partial charge is 0.341 e. The van der Waals surface area contributed by atoms with E-state index in [0.717, 1.165) is 43.5 Å². The van der Waals surface area contributed by atoms with Crippen LogP contribution in [0.4, 0.5) is 10.7 Å². The van der Waals surface area contributed by atoms with Crippen molar-refractivity contribution < 1.29 is 14.3 Å². The molecule has 3 rings (SSSR count). The van der Waals surface area contributed by atoms with E-state index >= 15 is 0 Å². The Bertz CT molecular complexity index is 801. The number of nitrogens with zero attached hydrogens (tertiary/aromatic N) is 1. The van der Waals surface area contributed by atoms with Crippen molar-refractivity contribution in [2.45, 2.75) is 39.5 Å². The fourth-order valence-corrected chi connectivity index (χ4v) is 4.73. The summed E-state index contributed by atoms with van der Waals surface area (Å²) in [4.78, 5) is 28.4. The first kappa shape index (κ1) is 19.4. The summed E-state index contributed by atoms with van der Waals surface area (Å²) in [5, 5.41) is 3.61. The van der Waals surface area contributed by atoms with E-state index in [4.69, 9.17) is 4.74 Å². The molecule has 0 aliphatic heterocycles. The Labute approximate surface area is 164 Å². The van der Waals surface area contributed by atoms with Crippen molar-refractivity contribution in [1.82, 2.24) is 0 Å². The average Bonchev–Trinajstić information content (AvgIpc) is 3.04. The minimum Gasteiger partial charge on any atom is -0.462 e. The number of hydrogen-bond acceptors (Lipinski definition) is 5. The number of likely N-dealkylation sites (N-methyl/N-ethyl adjacent to an activating group) is 1. The molecule has 0 atom stereocenters. The van der Waals surface area contributed by atoms with Gasteiger partial charge in [0, 0.05) is 17.1 Å². The molecule has 0 unspecified atom stereocenters. The lowest BCUT2D eigenvalue weighted by Gasteiger charge is -2.22. The molecule has 144 valence electrons. The lowest BCUT2D eigenvalue weighted by molar-refractivity contribution is -0.114. The predicted molar refractivity (Wildman–Crippen MR) is 110 cm³/mol. The van der Waals surface area contributed by atoms with Crippen molar-refractivity contribution in [1.29, 1.82) is 0 Å². The van der Waals surface area contributed by atoms with Gasteiger partial charge in [-0.3, -0.25) is 4.79 Å². The number of aryl methyl sites for hydroxylation is 1. The molecular formula is C21H26N2O3S. The number of carbonyl (C=O) groups is 2. The zero-order valence-electron chi connectivity index (χ0n) is 15.9. The summed E-state index contributed by atoms with van der Waals surface area (Å²) in [6, 6.07) is 9.86. The second-order valence-electron chi connectivity index (χ2n) is 6.53. The van der Waals surface area contributed by atoms with Crippen molar-refractivity contribution in [3.05, 3.63) is 46.3 Å². The Hall–Kier alpha value is -2.34. The summed E-state index contributed by atoms with van der Waals surface area (Å²) in [6.07, 6.45) is 4.04. The predicted octanol–water partition coefficient (Wildman–Crippen LogP) is 4.27. The van der Waals surface area contributed by atoms with Crippen LogP contribution in [0.15, 0.2) is 30.3 Å². The third-order valence-corrected chi connectivity index (χ3v) is 5.95. The van der Waals surface area contributed by atoms with Gasteiger partial charge < -0.3 is 15.0 Å². The summed E-state index contributed by atoms with van der Waals surface area (Å²) in [6.45, 7) is 5.12. The maximum Gasteiger partial charge on any atom is 0.341 e. The number of rotatable bonds is 7. The van der Waals surface area contributed by atoms with Crippen LogP contribution in [0, 0.1) is 0 Å². The molecule has 1 aromatic carbocycles. The van der Waals surface area contributed by atoms with Gasteiger partial charge in [0.05, 0.1) is 18.7 Å². The van der Waals surface area contributed by atoms with Gasteiger partial charge in [0.1, 0.15) is 5.00 Å². The molecule has 1 aliphatic carbocycles. The molecule has 27 heavy (non-hydrogen) atoms. The summed E-state index contributed by atoms with van der Waals surface area (Å²) in [7, 11) is 0. The highest BCUT2D eigenvalue weighted by molar-refractivity contribution is 7.17. The number of hydrogen-bond donors (Lipinski definition) is 1. The highest BCUT2D eigenvalue weighted by Crippen LogP contribution is 2.38. The number of amides is 1. The summed E-state index contributed by atoms with van der Waals surface area (Å²) >= 11 is 1.52. The Kier molecular flexibility index (Phi) is 6.50. The van der Waals surface area contributed by atoms with E-state index in [0.29, 0.717) is 17.2 Å². The molecule has 0 fully saturated rings. The molecule has 1 heterocycles. The number of ether oxygens (including phenoxy) is 1. The molecular weight excluding hydrogens is 360 g/mol. The standard InChI is InChI=1S/C21H26N2O3S/c1-3-23(15-10-6-5-7-11-15)14-18(24)22-20-19(21(25)26-4-2)16-12-8-9-13-17(16)27-20/h5-7,10-11H,3-4,8-9,12-14H2,1-2H3,(H,22,24). The topological polar surface area (TPSA) is 58.6 Å². The quantitative estimate of drug-likeness (QED) is 0.722. The fourth-order valence-electron chi connectivity index (χ4n) is 3.44. The Morgan fingerprint density at radius 1 is 1.15 bits per heavy atom. The van der Waals surface area contributed by atoms with Crippen molar-refractivity contribution in [3.8, 4) is 0 Å². The van der Waals surface area contributed by atoms with Gasteiger partial charge in [-0.1, -0.05) is 18.2 Å². The number of para-hydroxylation sites is 1. The molecule has 1 aromatic heterocycles. The first-order valence-electron chi connectivity index (χ1n) is 9.55. The minimum atomic E-state index is -0.331. The molecule has 2 aromatic rings. The average molecular weight is 387 g/mol. The van der Waals surface area contributed by atoms with Gasteiger partial charge in [0.25, 0.3) is 0 Å². The van der Waals surface area contributed by atoms with Gasteiger partial charge in [-0.2, -0.15) is 0 Å². The number of thiophene rings is 1. The van der Waals surface area contributed by atoms with Gasteiger partial charge in [-0.15, -0.1) is 11.3 Å². The van der Waals surface area contributed by atoms with E-state index in [1.807, 2.05) is 42.2 Å². The SMILES string of the molecule is CCOC(=O)c1c(NC(=O)CN(CC)c2ccccc2)sc2c1CCCC2. The van der Waals surface area contributed by atoms with Crippen LogP contribution in [0.5, 0.6) is 0 Å². The van der Waals surface area contributed by atoms with Crippen LogP contribution >= 0.6 is 11.3 Å². The third kappa shape index (κ3) is 4.50. The number of fused-ring (bicyclic) bond motifs is 1. The number of nitrogens with one attached hydrogen (secondary N) is 1. The first-order valence-corrected chi connectivity index (χ1v) is 10.4. The highest BCUT2D eigenvalue weighted by atomic mass is 32.1. The molecule has 1 aliphatic rings. The maximum absolute atomic E-state index is 12.7. The molecule has 0 radical (unpaired) electrons. The molecule has 0 saturated carbocycles. The Morgan fingerprint density at radius 3 is 2.59 bits per heavy atom. The van der Waals surface area contributed by atoms with Crippen LogP contribution in [-0.2, 0) is 22.4 Å². The van der Waals surface area contributed by atoms with Gasteiger partial charge in [-0.25, -0.2) is 4.79 Å². The van der Waals surface area contributed by atoms with Gasteiger partial charge in [0.2, 0.25) is 5.91 Å². The summed E-state index contributed by atoms with van der Waals surface area (Å²) < 4.78 is 5.25. The van der Waals surface area contributed by atoms with E-state index in [1.54, 1.807) is 6.92 Å². The molecule has 0 saturated heterocycles. The molecule has 0 spiro atoms. The van der Waals surface area contributed by atoms with Crippen molar-refractivity contribution in [2.24, 2.45) is 0 Å². The first-order chi connectivity index (χ1) is 13.1. The van der Waals surface area contributed by atoms with Crippen LogP contribution in [0.2, 0.25) is 0 Å². The van der Waals surface area contributed by atoms with E-state index in [-0.39, 0.29) is 18.4 Å². The van der Waals surface area contributed by atoms with E-state index in [1.165, 1.54) is 16.2 Å². The van der Waals surface area contributed by atoms with Crippen LogP contribution in [0.25, 0.3) is 0 Å². The van der Waals surface area contributed by atoms with Gasteiger partial charge in [-0.05, 0) is 57.2 Å².